The van der Waals surface area contributed by atoms with Crippen LogP contribution in [-0.4, -0.2) is 11.9 Å². The van der Waals surface area contributed by atoms with E-state index in [1.807, 2.05) is 24.3 Å². The predicted molar refractivity (Wildman–Crippen MR) is 141 cm³/mol. The molecule has 4 aromatic carbocycles. The molecular formula is C31H28O6. The Labute approximate surface area is 216 Å². The van der Waals surface area contributed by atoms with Crippen molar-refractivity contribution in [2.45, 2.75) is 33.1 Å². The maximum atomic E-state index is 11.1. The van der Waals surface area contributed by atoms with Crippen molar-refractivity contribution >= 4 is 11.9 Å². The fourth-order valence-corrected chi connectivity index (χ4v) is 3.80. The molecule has 0 aliphatic carbocycles. The monoisotopic (exact) mass is 496 g/mol. The highest BCUT2D eigenvalue weighted by atomic mass is 16.5. The highest BCUT2D eigenvalue weighted by Gasteiger charge is 2.23. The summed E-state index contributed by atoms with van der Waals surface area (Å²) in [5, 5.41) is 0. The largest absolute Gasteiger partial charge is 0.457 e. The molecule has 0 aliphatic heterocycles. The van der Waals surface area contributed by atoms with Crippen LogP contribution in [0.1, 0.15) is 38.8 Å². The zero-order valence-electron chi connectivity index (χ0n) is 21.2. The first-order chi connectivity index (χ1) is 17.7. The van der Waals surface area contributed by atoms with Gasteiger partial charge in [0.15, 0.2) is 0 Å². The molecule has 0 atom stereocenters. The maximum absolute atomic E-state index is 11.1. The Balaban J connectivity index is 1.40. The van der Waals surface area contributed by atoms with Crippen LogP contribution >= 0.6 is 0 Å². The Hall–Kier alpha value is -4.58. The molecule has 0 radical (unpaired) electrons. The molecule has 0 heterocycles. The third kappa shape index (κ3) is 6.76. The predicted octanol–water partition coefficient (Wildman–Crippen LogP) is 7.45. The van der Waals surface area contributed by atoms with E-state index >= 15 is 0 Å². The standard InChI is InChI=1S/C31H28O6/c1-21(32)34-25-13-17-29(18-14-25)36-27-9-5-23(6-10-27)31(3,4)24-7-11-28(12-8-24)37-30-19-15-26(16-20-30)35-22(2)33/h5-20H,1-4H3. The lowest BCUT2D eigenvalue weighted by molar-refractivity contribution is -0.132. The molecule has 0 saturated carbocycles. The topological polar surface area (TPSA) is 71.1 Å². The molecule has 6 heteroatoms. The molecule has 0 aromatic heterocycles. The van der Waals surface area contributed by atoms with Crippen molar-refractivity contribution < 1.29 is 28.5 Å². The van der Waals surface area contributed by atoms with Crippen molar-refractivity contribution in [2.24, 2.45) is 0 Å². The van der Waals surface area contributed by atoms with Crippen LogP contribution in [0.2, 0.25) is 0 Å². The molecular weight excluding hydrogens is 468 g/mol. The summed E-state index contributed by atoms with van der Waals surface area (Å²) in [7, 11) is 0. The van der Waals surface area contributed by atoms with Gasteiger partial charge in [0.05, 0.1) is 0 Å². The molecule has 4 rings (SSSR count). The summed E-state index contributed by atoms with van der Waals surface area (Å²) in [4.78, 5) is 22.1. The highest BCUT2D eigenvalue weighted by molar-refractivity contribution is 5.69. The molecule has 6 nitrogen and oxygen atoms in total. The number of carbonyl (C=O) groups is 2. The number of ether oxygens (including phenoxy) is 4. The van der Waals surface area contributed by atoms with Crippen LogP contribution in [0, 0.1) is 0 Å². The van der Waals surface area contributed by atoms with Gasteiger partial charge in [-0.1, -0.05) is 38.1 Å². The zero-order chi connectivity index (χ0) is 26.4. The SMILES string of the molecule is CC(=O)Oc1ccc(Oc2ccc(C(C)(C)c3ccc(Oc4ccc(OC(C)=O)cc4)cc3)cc2)cc1. The van der Waals surface area contributed by atoms with Gasteiger partial charge in [0, 0.05) is 19.3 Å². The van der Waals surface area contributed by atoms with Crippen LogP contribution in [-0.2, 0) is 15.0 Å². The summed E-state index contributed by atoms with van der Waals surface area (Å²) in [6.45, 7) is 7.07. The summed E-state index contributed by atoms with van der Waals surface area (Å²) < 4.78 is 22.0. The van der Waals surface area contributed by atoms with Gasteiger partial charge in [0.25, 0.3) is 0 Å². The summed E-state index contributed by atoms with van der Waals surface area (Å²) in [5.41, 5.74) is 2.04. The van der Waals surface area contributed by atoms with Gasteiger partial charge in [0.1, 0.15) is 34.5 Å². The van der Waals surface area contributed by atoms with Gasteiger partial charge in [-0.15, -0.1) is 0 Å². The first-order valence-electron chi connectivity index (χ1n) is 11.8. The Morgan fingerprint density at radius 1 is 0.459 bits per heavy atom. The van der Waals surface area contributed by atoms with E-state index in [-0.39, 0.29) is 17.4 Å². The fourth-order valence-electron chi connectivity index (χ4n) is 3.80. The minimum Gasteiger partial charge on any atom is -0.457 e. The molecule has 0 bridgehead atoms. The van der Waals surface area contributed by atoms with Gasteiger partial charge < -0.3 is 18.9 Å². The molecule has 4 aromatic rings. The van der Waals surface area contributed by atoms with E-state index in [1.165, 1.54) is 13.8 Å². The second-order valence-electron chi connectivity index (χ2n) is 9.01. The van der Waals surface area contributed by atoms with Crippen molar-refractivity contribution in [1.82, 2.24) is 0 Å². The van der Waals surface area contributed by atoms with Gasteiger partial charge in [-0.3, -0.25) is 9.59 Å². The van der Waals surface area contributed by atoms with E-state index in [0.29, 0.717) is 34.5 Å². The first kappa shape index (κ1) is 25.5. The van der Waals surface area contributed by atoms with Gasteiger partial charge in [0.2, 0.25) is 0 Å². The Bertz CT molecular complexity index is 1250. The average molecular weight is 497 g/mol. The third-order valence-electron chi connectivity index (χ3n) is 5.79. The van der Waals surface area contributed by atoms with Gasteiger partial charge in [-0.25, -0.2) is 0 Å². The number of hydrogen-bond donors (Lipinski definition) is 0. The summed E-state index contributed by atoms with van der Waals surface area (Å²) in [6, 6.07) is 29.8. The average Bonchev–Trinajstić information content (AvgIpc) is 2.86. The van der Waals surface area contributed by atoms with E-state index in [9.17, 15) is 9.59 Å². The van der Waals surface area contributed by atoms with E-state index < -0.39 is 0 Å². The second kappa shape index (κ2) is 11.0. The van der Waals surface area contributed by atoms with Crippen LogP contribution in [0.15, 0.2) is 97.1 Å². The van der Waals surface area contributed by atoms with Crippen molar-refractivity contribution in [3.8, 4) is 34.5 Å². The summed E-state index contributed by atoms with van der Waals surface area (Å²) >= 11 is 0. The molecule has 0 spiro atoms. The molecule has 0 fully saturated rings. The quantitative estimate of drug-likeness (QED) is 0.186. The summed E-state index contributed by atoms with van der Waals surface area (Å²) in [6.07, 6.45) is 0. The lowest BCUT2D eigenvalue weighted by Crippen LogP contribution is -2.18. The smallest absolute Gasteiger partial charge is 0.308 e. The van der Waals surface area contributed by atoms with Gasteiger partial charge in [-0.2, -0.15) is 0 Å². The van der Waals surface area contributed by atoms with Crippen LogP contribution < -0.4 is 18.9 Å². The van der Waals surface area contributed by atoms with Gasteiger partial charge >= 0.3 is 11.9 Å². The van der Waals surface area contributed by atoms with Crippen molar-refractivity contribution in [2.75, 3.05) is 0 Å². The minimum absolute atomic E-state index is 0.242. The number of benzene rings is 4. The molecule has 0 N–H and O–H groups in total. The lowest BCUT2D eigenvalue weighted by atomic mass is 9.78. The number of carbonyl (C=O) groups excluding carboxylic acids is 2. The Kier molecular flexibility index (Phi) is 7.58. The van der Waals surface area contributed by atoms with E-state index in [1.54, 1.807) is 48.5 Å². The lowest BCUT2D eigenvalue weighted by Gasteiger charge is -2.26. The van der Waals surface area contributed by atoms with E-state index in [4.69, 9.17) is 18.9 Å². The zero-order valence-corrected chi connectivity index (χ0v) is 21.2. The minimum atomic E-state index is -0.360. The Morgan fingerprint density at radius 2 is 0.703 bits per heavy atom. The fraction of sp³-hybridized carbons (Fsp3) is 0.161. The third-order valence-corrected chi connectivity index (χ3v) is 5.79. The molecule has 0 unspecified atom stereocenters. The number of hydrogen-bond acceptors (Lipinski definition) is 6. The Morgan fingerprint density at radius 3 is 0.973 bits per heavy atom. The van der Waals surface area contributed by atoms with Crippen LogP contribution in [0.3, 0.4) is 0 Å². The van der Waals surface area contributed by atoms with E-state index in [0.717, 1.165) is 11.1 Å². The maximum Gasteiger partial charge on any atom is 0.308 e. The number of esters is 2. The van der Waals surface area contributed by atoms with Crippen LogP contribution in [0.5, 0.6) is 34.5 Å². The second-order valence-corrected chi connectivity index (χ2v) is 9.01. The van der Waals surface area contributed by atoms with Gasteiger partial charge in [-0.05, 0) is 83.9 Å². The van der Waals surface area contributed by atoms with Crippen molar-refractivity contribution in [3.63, 3.8) is 0 Å². The van der Waals surface area contributed by atoms with Crippen LogP contribution in [0.4, 0.5) is 0 Å². The highest BCUT2D eigenvalue weighted by Crippen LogP contribution is 2.35. The molecule has 0 amide bonds. The van der Waals surface area contributed by atoms with Crippen LogP contribution in [0.25, 0.3) is 0 Å². The molecule has 0 aliphatic rings. The van der Waals surface area contributed by atoms with Crippen molar-refractivity contribution in [1.29, 1.82) is 0 Å². The number of rotatable bonds is 8. The first-order valence-corrected chi connectivity index (χ1v) is 11.8. The van der Waals surface area contributed by atoms with E-state index in [2.05, 4.69) is 38.1 Å². The molecule has 37 heavy (non-hydrogen) atoms. The summed E-state index contributed by atoms with van der Waals surface area (Å²) in [5.74, 6) is 2.96. The normalized spacial score (nSPS) is 10.9. The van der Waals surface area contributed by atoms with Crippen molar-refractivity contribution in [3.05, 3.63) is 108 Å². The molecule has 0 saturated heterocycles. The molecule has 188 valence electrons.